The number of nitrogens with two attached hydrogens (primary N) is 2. The molecule has 0 aliphatic carbocycles. The summed E-state index contributed by atoms with van der Waals surface area (Å²) < 4.78 is 13.4. The number of rotatable bonds is 4. The normalized spacial score (nSPS) is 11.3. The molecule has 1 amide bonds. The number of carbonyl (C=O) groups excluding carboxylic acids is 1. The third-order valence-electron chi connectivity index (χ3n) is 2.48. The predicted octanol–water partition coefficient (Wildman–Crippen LogP) is 2.09. The lowest BCUT2D eigenvalue weighted by atomic mass is 9.92. The van der Waals surface area contributed by atoms with Crippen molar-refractivity contribution in [2.45, 2.75) is 13.8 Å². The van der Waals surface area contributed by atoms with Gasteiger partial charge in [0, 0.05) is 12.6 Å². The minimum absolute atomic E-state index is 0.283. The molecule has 4 nitrogen and oxygen atoms in total. The zero-order chi connectivity index (χ0) is 13.2. The number of amides is 1. The lowest BCUT2D eigenvalue weighted by Crippen LogP contribution is -2.37. The maximum absolute atomic E-state index is 13.1. The van der Waals surface area contributed by atoms with E-state index in [1.54, 1.807) is 13.8 Å². The van der Waals surface area contributed by atoms with Crippen LogP contribution in [0.4, 0.5) is 15.8 Å². The monoisotopic (exact) mass is 303 g/mol. The Morgan fingerprint density at radius 1 is 1.53 bits per heavy atom. The smallest absolute Gasteiger partial charge is 0.224 e. The van der Waals surface area contributed by atoms with Crippen LogP contribution in [0.15, 0.2) is 16.6 Å². The van der Waals surface area contributed by atoms with E-state index in [-0.39, 0.29) is 5.69 Å². The van der Waals surface area contributed by atoms with E-state index in [1.165, 1.54) is 12.1 Å². The number of nitrogen functional groups attached to an aromatic ring is 1. The van der Waals surface area contributed by atoms with E-state index < -0.39 is 17.1 Å². The van der Waals surface area contributed by atoms with Gasteiger partial charge in [-0.15, -0.1) is 0 Å². The summed E-state index contributed by atoms with van der Waals surface area (Å²) in [4.78, 5) is 11.1. The number of primary amides is 1. The van der Waals surface area contributed by atoms with Crippen molar-refractivity contribution in [3.05, 3.63) is 22.4 Å². The summed E-state index contributed by atoms with van der Waals surface area (Å²) >= 11 is 3.07. The lowest BCUT2D eigenvalue weighted by Gasteiger charge is -2.22. The largest absolute Gasteiger partial charge is 0.397 e. The van der Waals surface area contributed by atoms with Gasteiger partial charge < -0.3 is 16.8 Å². The van der Waals surface area contributed by atoms with Gasteiger partial charge in [-0.2, -0.15) is 0 Å². The van der Waals surface area contributed by atoms with E-state index in [0.717, 1.165) is 0 Å². The molecule has 0 aromatic heterocycles. The third-order valence-corrected chi connectivity index (χ3v) is 3.09. The molecule has 5 N–H and O–H groups in total. The zero-order valence-electron chi connectivity index (χ0n) is 9.68. The van der Waals surface area contributed by atoms with E-state index in [2.05, 4.69) is 21.2 Å². The first-order valence-electron chi connectivity index (χ1n) is 5.02. The number of hydrogen-bond donors (Lipinski definition) is 3. The van der Waals surface area contributed by atoms with Crippen LogP contribution < -0.4 is 16.8 Å². The first kappa shape index (κ1) is 13.8. The molecule has 1 aromatic carbocycles. The molecule has 1 aromatic rings. The Kier molecular flexibility index (Phi) is 3.98. The van der Waals surface area contributed by atoms with Crippen LogP contribution >= 0.6 is 15.9 Å². The molecule has 94 valence electrons. The fraction of sp³-hybridized carbons (Fsp3) is 0.364. The fourth-order valence-corrected chi connectivity index (χ4v) is 1.46. The van der Waals surface area contributed by atoms with Crippen molar-refractivity contribution in [1.82, 2.24) is 0 Å². The molecule has 0 spiro atoms. The van der Waals surface area contributed by atoms with Crippen molar-refractivity contribution in [3.63, 3.8) is 0 Å². The average molecular weight is 304 g/mol. The summed E-state index contributed by atoms with van der Waals surface area (Å²) in [6, 6.07) is 2.74. The number of carbonyl (C=O) groups is 1. The summed E-state index contributed by atoms with van der Waals surface area (Å²) in [5.74, 6) is -0.841. The summed E-state index contributed by atoms with van der Waals surface area (Å²) in [7, 11) is 0. The second kappa shape index (κ2) is 4.91. The molecule has 0 fully saturated rings. The summed E-state index contributed by atoms with van der Waals surface area (Å²) in [6.07, 6.45) is 0. The van der Waals surface area contributed by atoms with Crippen LogP contribution in [0.25, 0.3) is 0 Å². The molecule has 0 aliphatic rings. The summed E-state index contributed by atoms with van der Waals surface area (Å²) in [5.41, 5.74) is 11.0. The topological polar surface area (TPSA) is 81.1 Å². The molecule has 0 saturated heterocycles. The first-order chi connectivity index (χ1) is 7.74. The van der Waals surface area contributed by atoms with Crippen LogP contribution in [0.3, 0.4) is 0 Å². The van der Waals surface area contributed by atoms with E-state index >= 15 is 0 Å². The van der Waals surface area contributed by atoms with Crippen molar-refractivity contribution in [3.8, 4) is 0 Å². The predicted molar refractivity (Wildman–Crippen MR) is 70.0 cm³/mol. The van der Waals surface area contributed by atoms with Crippen LogP contribution in [0, 0.1) is 11.2 Å². The minimum atomic E-state index is -0.701. The molecule has 0 saturated carbocycles. The molecular weight excluding hydrogens is 289 g/mol. The Morgan fingerprint density at radius 3 is 2.65 bits per heavy atom. The number of anilines is 2. The quantitative estimate of drug-likeness (QED) is 0.745. The molecule has 0 atom stereocenters. The van der Waals surface area contributed by atoms with Gasteiger partial charge in [0.2, 0.25) is 5.91 Å². The minimum Gasteiger partial charge on any atom is -0.397 e. The molecule has 0 radical (unpaired) electrons. The molecular formula is C11H15BrFN3O. The van der Waals surface area contributed by atoms with Gasteiger partial charge in [0.05, 0.1) is 21.3 Å². The number of hydrogen-bond acceptors (Lipinski definition) is 3. The molecule has 6 heteroatoms. The Balaban J connectivity index is 2.83. The second-order valence-corrected chi connectivity index (χ2v) is 5.31. The Hall–Kier alpha value is -1.30. The average Bonchev–Trinajstić information content (AvgIpc) is 2.21. The highest BCUT2D eigenvalue weighted by atomic mass is 79.9. The maximum atomic E-state index is 13.1. The Bertz CT molecular complexity index is 449. The molecule has 17 heavy (non-hydrogen) atoms. The van der Waals surface area contributed by atoms with Crippen molar-refractivity contribution in [1.29, 1.82) is 0 Å². The van der Waals surface area contributed by atoms with Crippen molar-refractivity contribution < 1.29 is 9.18 Å². The van der Waals surface area contributed by atoms with E-state index in [9.17, 15) is 9.18 Å². The molecule has 0 bridgehead atoms. The number of nitrogens with one attached hydrogen (secondary N) is 1. The fourth-order valence-electron chi connectivity index (χ4n) is 1.12. The van der Waals surface area contributed by atoms with Gasteiger partial charge in [-0.25, -0.2) is 4.39 Å². The standard InChI is InChI=1S/C11H15BrFN3O/c1-11(2,10(15)17)5-16-9-3-6(12)7(13)4-8(9)14/h3-4,16H,5,14H2,1-2H3,(H2,15,17). The van der Waals surface area contributed by atoms with Gasteiger partial charge >= 0.3 is 0 Å². The van der Waals surface area contributed by atoms with E-state index in [4.69, 9.17) is 11.5 Å². The zero-order valence-corrected chi connectivity index (χ0v) is 11.3. The summed E-state index contributed by atoms with van der Waals surface area (Å²) in [5, 5.41) is 2.98. The SMILES string of the molecule is CC(C)(CNc1cc(Br)c(F)cc1N)C(N)=O. The number of halogens is 2. The first-order valence-corrected chi connectivity index (χ1v) is 5.81. The molecule has 0 aliphatic heterocycles. The van der Waals surface area contributed by atoms with Gasteiger partial charge in [0.25, 0.3) is 0 Å². The Labute approximate surface area is 108 Å². The number of benzene rings is 1. The highest BCUT2D eigenvalue weighted by molar-refractivity contribution is 9.10. The van der Waals surface area contributed by atoms with Crippen molar-refractivity contribution >= 4 is 33.2 Å². The van der Waals surface area contributed by atoms with E-state index in [1.807, 2.05) is 0 Å². The van der Waals surface area contributed by atoms with Crippen molar-refractivity contribution in [2.24, 2.45) is 11.1 Å². The van der Waals surface area contributed by atoms with Gasteiger partial charge in [-0.1, -0.05) is 0 Å². The van der Waals surface area contributed by atoms with Crippen LogP contribution in [0.2, 0.25) is 0 Å². The van der Waals surface area contributed by atoms with Gasteiger partial charge in [0.1, 0.15) is 5.82 Å². The van der Waals surface area contributed by atoms with Crippen LogP contribution in [-0.4, -0.2) is 12.5 Å². The summed E-state index contributed by atoms with van der Waals surface area (Å²) in [6.45, 7) is 3.76. The Morgan fingerprint density at radius 2 is 2.12 bits per heavy atom. The molecule has 0 unspecified atom stereocenters. The van der Waals surface area contributed by atoms with Gasteiger partial charge in [-0.05, 0) is 35.8 Å². The van der Waals surface area contributed by atoms with Crippen molar-refractivity contribution in [2.75, 3.05) is 17.6 Å². The lowest BCUT2D eigenvalue weighted by molar-refractivity contribution is -0.125. The van der Waals surface area contributed by atoms with Gasteiger partial charge in [-0.3, -0.25) is 4.79 Å². The van der Waals surface area contributed by atoms with Crippen LogP contribution in [0.5, 0.6) is 0 Å². The van der Waals surface area contributed by atoms with Crippen LogP contribution in [0.1, 0.15) is 13.8 Å². The van der Waals surface area contributed by atoms with Crippen LogP contribution in [-0.2, 0) is 4.79 Å². The third kappa shape index (κ3) is 3.33. The van der Waals surface area contributed by atoms with E-state index in [0.29, 0.717) is 16.7 Å². The maximum Gasteiger partial charge on any atom is 0.224 e. The highest BCUT2D eigenvalue weighted by Gasteiger charge is 2.24. The highest BCUT2D eigenvalue weighted by Crippen LogP contribution is 2.27. The molecule has 0 heterocycles. The second-order valence-electron chi connectivity index (χ2n) is 4.46. The molecule has 1 rings (SSSR count). The van der Waals surface area contributed by atoms with Gasteiger partial charge in [0.15, 0.2) is 0 Å².